The number of carbonyl (C=O) groups excluding carboxylic acids is 2. The van der Waals surface area contributed by atoms with Gasteiger partial charge in [-0.3, -0.25) is 15.0 Å². The lowest BCUT2D eigenvalue weighted by molar-refractivity contribution is -0.385. The normalized spacial score (nSPS) is 16.7. The third-order valence-electron chi connectivity index (χ3n) is 4.40. The Balaban J connectivity index is 2.26. The largest absolute Gasteiger partial charge is 0.573 e. The van der Waals surface area contributed by atoms with Crippen molar-refractivity contribution in [2.45, 2.75) is 51.7 Å². The Morgan fingerprint density at radius 3 is 2.55 bits per heavy atom. The van der Waals surface area contributed by atoms with Crippen molar-refractivity contribution >= 4 is 17.7 Å². The Morgan fingerprint density at radius 1 is 1.33 bits per heavy atom. The summed E-state index contributed by atoms with van der Waals surface area (Å²) in [6.07, 6.45) is -4.54. The molecule has 1 heterocycles. The average Bonchev–Trinajstić information content (AvgIpc) is 3.06. The zero-order chi connectivity index (χ0) is 25.0. The van der Waals surface area contributed by atoms with Crippen LogP contribution in [0.1, 0.15) is 43.1 Å². The molecule has 1 amide bonds. The van der Waals surface area contributed by atoms with E-state index in [1.807, 2.05) is 0 Å². The van der Waals surface area contributed by atoms with E-state index in [2.05, 4.69) is 21.4 Å². The molecule has 1 aliphatic rings. The molecule has 0 bridgehead atoms. The van der Waals surface area contributed by atoms with Crippen molar-refractivity contribution in [2.24, 2.45) is 0 Å². The number of alkyl carbamates (subject to hydrolysis) is 1. The van der Waals surface area contributed by atoms with Crippen LogP contribution in [0.15, 0.2) is 25.0 Å². The molecule has 2 rings (SSSR count). The van der Waals surface area contributed by atoms with Gasteiger partial charge in [0.2, 0.25) is 0 Å². The lowest BCUT2D eigenvalue weighted by atomic mass is 10.1. The fraction of sp³-hybridized carbons (Fsp3) is 0.500. The Hall–Kier alpha value is -3.35. The van der Waals surface area contributed by atoms with Crippen molar-refractivity contribution in [2.75, 3.05) is 13.1 Å². The average molecular weight is 475 g/mol. The van der Waals surface area contributed by atoms with Crippen LogP contribution < -0.4 is 10.1 Å². The molecule has 0 unspecified atom stereocenters. The first kappa shape index (κ1) is 25.9. The number of esters is 1. The molecular formula is C20H24F3N3O7. The van der Waals surface area contributed by atoms with Gasteiger partial charge in [0.15, 0.2) is 0 Å². The van der Waals surface area contributed by atoms with Crippen molar-refractivity contribution in [3.8, 4) is 5.75 Å². The highest BCUT2D eigenvalue weighted by Crippen LogP contribution is 2.34. The van der Waals surface area contributed by atoms with E-state index in [9.17, 15) is 32.9 Å². The number of nitrogens with one attached hydrogen (secondary N) is 1. The molecule has 1 atom stereocenters. The first-order valence-corrected chi connectivity index (χ1v) is 9.79. The van der Waals surface area contributed by atoms with Gasteiger partial charge >= 0.3 is 18.4 Å². The number of amides is 1. The Kier molecular flexibility index (Phi) is 7.90. The molecule has 182 valence electrons. The van der Waals surface area contributed by atoms with E-state index >= 15 is 0 Å². The van der Waals surface area contributed by atoms with Gasteiger partial charge in [0.05, 0.1) is 11.2 Å². The molecule has 10 nitrogen and oxygen atoms in total. The summed E-state index contributed by atoms with van der Waals surface area (Å²) >= 11 is 0. The minimum Gasteiger partial charge on any atom is -0.444 e. The molecule has 13 heteroatoms. The molecule has 1 aromatic carbocycles. The fourth-order valence-corrected chi connectivity index (χ4v) is 3.22. The first-order valence-electron chi connectivity index (χ1n) is 9.79. The molecule has 1 aromatic rings. The van der Waals surface area contributed by atoms with Crippen LogP contribution >= 0.6 is 0 Å². The molecular weight excluding hydrogens is 451 g/mol. The fourth-order valence-electron chi connectivity index (χ4n) is 3.22. The number of nitro groups is 1. The number of benzene rings is 1. The van der Waals surface area contributed by atoms with Gasteiger partial charge in [0.25, 0.3) is 5.69 Å². The van der Waals surface area contributed by atoms with Gasteiger partial charge in [0, 0.05) is 43.4 Å². The van der Waals surface area contributed by atoms with Crippen LogP contribution in [0.4, 0.5) is 23.7 Å². The topological polar surface area (TPSA) is 120 Å². The Morgan fingerprint density at radius 2 is 2.00 bits per heavy atom. The predicted octanol–water partition coefficient (Wildman–Crippen LogP) is 3.89. The molecule has 1 fully saturated rings. The van der Waals surface area contributed by atoms with Crippen LogP contribution in [0, 0.1) is 10.1 Å². The van der Waals surface area contributed by atoms with Crippen LogP contribution in [-0.2, 0) is 16.0 Å². The number of rotatable bonds is 7. The predicted molar refractivity (Wildman–Crippen MR) is 108 cm³/mol. The molecule has 0 radical (unpaired) electrons. The van der Waals surface area contributed by atoms with E-state index in [0.717, 1.165) is 6.07 Å². The summed E-state index contributed by atoms with van der Waals surface area (Å²) in [6, 6.07) is 1.14. The van der Waals surface area contributed by atoms with Gasteiger partial charge in [-0.2, -0.15) is 0 Å². The number of carbonyl (C=O) groups is 2. The molecule has 0 saturated carbocycles. The summed E-state index contributed by atoms with van der Waals surface area (Å²) in [7, 11) is 0. The second-order valence-electron chi connectivity index (χ2n) is 8.22. The number of hydrogen-bond donors (Lipinski definition) is 1. The van der Waals surface area contributed by atoms with Crippen molar-refractivity contribution in [1.29, 1.82) is 0 Å². The van der Waals surface area contributed by atoms with Crippen LogP contribution in [0.3, 0.4) is 0 Å². The van der Waals surface area contributed by atoms with Gasteiger partial charge in [-0.25, -0.2) is 9.59 Å². The maximum Gasteiger partial charge on any atom is 0.573 e. The van der Waals surface area contributed by atoms with Crippen molar-refractivity contribution < 1.29 is 41.9 Å². The van der Waals surface area contributed by atoms with Gasteiger partial charge in [-0.1, -0.05) is 6.58 Å². The summed E-state index contributed by atoms with van der Waals surface area (Å²) in [5.74, 6) is -2.02. The van der Waals surface area contributed by atoms with E-state index in [4.69, 9.17) is 4.74 Å². The quantitative estimate of drug-likeness (QED) is 0.273. The highest BCUT2D eigenvalue weighted by molar-refractivity contribution is 5.95. The Labute approximate surface area is 187 Å². The second-order valence-corrected chi connectivity index (χ2v) is 8.22. The zero-order valence-corrected chi connectivity index (χ0v) is 18.2. The standard InChI is InChI=1S/C20H24F3N3O7/c1-5-31-17(27)14-9-16(32-20(21,22)23)12(8-15(14)26(29)30)10-25-7-6-13(11-25)24-18(28)33-19(2,3)4/h5,8-9,13H,1,6-7,10-11H2,2-4H3,(H,24,28)/t13-/m1/s1. The molecule has 1 aliphatic heterocycles. The van der Waals surface area contributed by atoms with Gasteiger partial charge in [-0.05, 0) is 27.2 Å². The third kappa shape index (κ3) is 7.93. The number of nitrogens with zero attached hydrogens (tertiary/aromatic N) is 2. The van der Waals surface area contributed by atoms with Crippen LogP contribution in [0.25, 0.3) is 0 Å². The van der Waals surface area contributed by atoms with Crippen LogP contribution in [0.2, 0.25) is 0 Å². The second kappa shape index (κ2) is 10.1. The number of halogens is 3. The zero-order valence-electron chi connectivity index (χ0n) is 18.2. The lowest BCUT2D eigenvalue weighted by Crippen LogP contribution is -2.40. The summed E-state index contributed by atoms with van der Waals surface area (Å²) < 4.78 is 52.5. The number of ether oxygens (including phenoxy) is 3. The van der Waals surface area contributed by atoms with E-state index in [-0.39, 0.29) is 24.7 Å². The van der Waals surface area contributed by atoms with E-state index in [1.54, 1.807) is 25.7 Å². The van der Waals surface area contributed by atoms with Gasteiger partial charge in [-0.15, -0.1) is 13.2 Å². The van der Waals surface area contributed by atoms with E-state index in [0.29, 0.717) is 25.3 Å². The summed E-state index contributed by atoms with van der Waals surface area (Å²) in [6.45, 7) is 8.76. The minimum absolute atomic E-state index is 0.157. The number of likely N-dealkylation sites (tertiary alicyclic amines) is 1. The van der Waals surface area contributed by atoms with E-state index < -0.39 is 45.9 Å². The molecule has 1 saturated heterocycles. The van der Waals surface area contributed by atoms with Gasteiger partial charge < -0.3 is 19.5 Å². The molecule has 0 spiro atoms. The highest BCUT2D eigenvalue weighted by Gasteiger charge is 2.35. The van der Waals surface area contributed by atoms with Crippen LogP contribution in [0.5, 0.6) is 5.75 Å². The number of alkyl halides is 3. The smallest absolute Gasteiger partial charge is 0.444 e. The molecule has 0 aromatic heterocycles. The maximum atomic E-state index is 13.0. The monoisotopic (exact) mass is 475 g/mol. The maximum absolute atomic E-state index is 13.0. The SMILES string of the molecule is C=COC(=O)c1cc(OC(F)(F)F)c(CN2CC[C@@H](NC(=O)OC(C)(C)C)C2)cc1[N+](=O)[O-]. The van der Waals surface area contributed by atoms with Crippen molar-refractivity contribution in [3.63, 3.8) is 0 Å². The van der Waals surface area contributed by atoms with Crippen LogP contribution in [-0.4, -0.2) is 53.0 Å². The van der Waals surface area contributed by atoms with Crippen molar-refractivity contribution in [1.82, 2.24) is 10.2 Å². The molecule has 0 aliphatic carbocycles. The van der Waals surface area contributed by atoms with E-state index in [1.165, 1.54) is 0 Å². The third-order valence-corrected chi connectivity index (χ3v) is 4.40. The highest BCUT2D eigenvalue weighted by atomic mass is 19.4. The summed E-state index contributed by atoms with van der Waals surface area (Å²) in [5, 5.41) is 14.1. The lowest BCUT2D eigenvalue weighted by Gasteiger charge is -2.22. The summed E-state index contributed by atoms with van der Waals surface area (Å²) in [4.78, 5) is 36.2. The number of hydrogen-bond acceptors (Lipinski definition) is 8. The van der Waals surface area contributed by atoms with Crippen molar-refractivity contribution in [3.05, 3.63) is 46.2 Å². The molecule has 1 N–H and O–H groups in total. The Bertz CT molecular complexity index is 929. The number of nitro benzene ring substituents is 1. The summed E-state index contributed by atoms with van der Waals surface area (Å²) in [5.41, 5.74) is -2.31. The minimum atomic E-state index is -5.10. The first-order chi connectivity index (χ1) is 15.2. The molecule has 33 heavy (non-hydrogen) atoms. The van der Waals surface area contributed by atoms with Gasteiger partial charge in [0.1, 0.15) is 16.9 Å².